The number of benzene rings is 1. The molecule has 1 aliphatic rings. The number of piperidine rings is 1. The van der Waals surface area contributed by atoms with Gasteiger partial charge < -0.3 is 15.0 Å². The Morgan fingerprint density at radius 1 is 1.35 bits per heavy atom. The van der Waals surface area contributed by atoms with Crippen molar-refractivity contribution >= 4 is 11.7 Å². The van der Waals surface area contributed by atoms with Gasteiger partial charge in [-0.2, -0.15) is 5.10 Å². The van der Waals surface area contributed by atoms with Gasteiger partial charge in [0.2, 0.25) is 5.91 Å². The van der Waals surface area contributed by atoms with Gasteiger partial charge in [-0.25, -0.2) is 0 Å². The summed E-state index contributed by atoms with van der Waals surface area (Å²) >= 11 is 0. The second-order valence-corrected chi connectivity index (χ2v) is 6.61. The van der Waals surface area contributed by atoms with Gasteiger partial charge in [0, 0.05) is 25.3 Å². The molecule has 6 nitrogen and oxygen atoms in total. The number of hydrogen-bond donors (Lipinski definition) is 1. The maximum atomic E-state index is 12.9. The van der Waals surface area contributed by atoms with Crippen LogP contribution in [0.2, 0.25) is 0 Å². The van der Waals surface area contributed by atoms with Crippen LogP contribution >= 0.6 is 0 Å². The average Bonchev–Trinajstić information content (AvgIpc) is 2.70. The lowest BCUT2D eigenvalue weighted by Crippen LogP contribution is -2.49. The van der Waals surface area contributed by atoms with E-state index < -0.39 is 0 Å². The molecule has 1 saturated heterocycles. The van der Waals surface area contributed by atoms with Crippen LogP contribution in [0.4, 0.5) is 5.82 Å². The average molecular weight is 354 g/mol. The Kier molecular flexibility index (Phi) is 6.04. The number of amides is 1. The molecule has 138 valence electrons. The number of methoxy groups -OCH3 is 1. The topological polar surface area (TPSA) is 67.4 Å². The lowest BCUT2D eigenvalue weighted by atomic mass is 9.94. The highest BCUT2D eigenvalue weighted by Crippen LogP contribution is 2.24. The molecular formula is C20H26N4O2. The van der Waals surface area contributed by atoms with Crippen molar-refractivity contribution in [2.24, 2.45) is 0 Å². The van der Waals surface area contributed by atoms with Crippen molar-refractivity contribution in [3.63, 3.8) is 0 Å². The number of nitrogens with zero attached hydrogens (tertiary/aromatic N) is 3. The molecule has 2 aromatic rings. The number of anilines is 1. The van der Waals surface area contributed by atoms with Crippen molar-refractivity contribution in [1.82, 2.24) is 15.5 Å². The molecule has 2 atom stereocenters. The molecule has 1 aromatic heterocycles. The molecule has 0 radical (unpaired) electrons. The first-order chi connectivity index (χ1) is 12.7. The Morgan fingerprint density at radius 2 is 2.15 bits per heavy atom. The Morgan fingerprint density at radius 3 is 2.81 bits per heavy atom. The number of aromatic nitrogens is 2. The summed E-state index contributed by atoms with van der Waals surface area (Å²) < 4.78 is 5.20. The summed E-state index contributed by atoms with van der Waals surface area (Å²) in [5.74, 6) is 1.61. The van der Waals surface area contributed by atoms with Crippen LogP contribution in [-0.2, 0) is 4.79 Å². The first-order valence-electron chi connectivity index (χ1n) is 9.18. The molecular weight excluding hydrogens is 328 g/mol. The molecule has 3 rings (SSSR count). The number of carbonyl (C=O) groups excluding carboxylic acids is 1. The predicted molar refractivity (Wildman–Crippen MR) is 101 cm³/mol. The Balaban J connectivity index is 1.63. The Hall–Kier alpha value is -2.63. The van der Waals surface area contributed by atoms with E-state index in [1.807, 2.05) is 43.3 Å². The summed E-state index contributed by atoms with van der Waals surface area (Å²) in [5.41, 5.74) is 1.02. The fraction of sp³-hybridized carbons (Fsp3) is 0.450. The zero-order valence-electron chi connectivity index (χ0n) is 15.4. The maximum Gasteiger partial charge on any atom is 0.227 e. The van der Waals surface area contributed by atoms with Gasteiger partial charge in [0.25, 0.3) is 0 Å². The van der Waals surface area contributed by atoms with Crippen LogP contribution in [0.15, 0.2) is 42.6 Å². The van der Waals surface area contributed by atoms with Gasteiger partial charge in [-0.05, 0) is 49.1 Å². The molecule has 26 heavy (non-hydrogen) atoms. The van der Waals surface area contributed by atoms with Crippen molar-refractivity contribution in [3.8, 4) is 5.75 Å². The summed E-state index contributed by atoms with van der Waals surface area (Å²) in [4.78, 5) is 15.0. The molecule has 0 bridgehead atoms. The van der Waals surface area contributed by atoms with Gasteiger partial charge in [-0.3, -0.25) is 4.79 Å². The van der Waals surface area contributed by atoms with E-state index in [9.17, 15) is 4.79 Å². The van der Waals surface area contributed by atoms with Crippen molar-refractivity contribution in [2.75, 3.05) is 25.1 Å². The molecule has 2 unspecified atom stereocenters. The van der Waals surface area contributed by atoms with E-state index in [0.29, 0.717) is 0 Å². The minimum Gasteiger partial charge on any atom is -0.497 e. The normalized spacial score (nSPS) is 18.2. The summed E-state index contributed by atoms with van der Waals surface area (Å²) in [7, 11) is 1.64. The molecule has 0 spiro atoms. The molecule has 0 aliphatic carbocycles. The first-order valence-corrected chi connectivity index (χ1v) is 9.18. The van der Waals surface area contributed by atoms with Gasteiger partial charge in [-0.1, -0.05) is 19.1 Å². The Bertz CT molecular complexity index is 706. The van der Waals surface area contributed by atoms with Gasteiger partial charge in [0.05, 0.1) is 13.0 Å². The van der Waals surface area contributed by atoms with Crippen molar-refractivity contribution in [1.29, 1.82) is 0 Å². The third-order valence-electron chi connectivity index (χ3n) is 4.89. The van der Waals surface area contributed by atoms with Gasteiger partial charge >= 0.3 is 0 Å². The van der Waals surface area contributed by atoms with Gasteiger partial charge in [0.15, 0.2) is 5.82 Å². The number of ether oxygens (including phenoxy) is 1. The van der Waals surface area contributed by atoms with E-state index in [4.69, 9.17) is 4.74 Å². The fourth-order valence-electron chi connectivity index (χ4n) is 3.48. The molecule has 1 amide bonds. The highest BCUT2D eigenvalue weighted by atomic mass is 16.5. The zero-order chi connectivity index (χ0) is 18.4. The fourth-order valence-corrected chi connectivity index (χ4v) is 3.48. The van der Waals surface area contributed by atoms with Crippen LogP contribution in [0.25, 0.3) is 0 Å². The minimum atomic E-state index is -0.146. The van der Waals surface area contributed by atoms with Crippen LogP contribution in [0.3, 0.4) is 0 Å². The van der Waals surface area contributed by atoms with Gasteiger partial charge in [0.1, 0.15) is 5.75 Å². The number of carbonyl (C=O) groups is 1. The predicted octanol–water partition coefficient (Wildman–Crippen LogP) is 2.76. The smallest absolute Gasteiger partial charge is 0.227 e. The van der Waals surface area contributed by atoms with Crippen LogP contribution < -0.4 is 15.0 Å². The zero-order valence-corrected chi connectivity index (χ0v) is 15.4. The third kappa shape index (κ3) is 4.31. The number of rotatable bonds is 6. The summed E-state index contributed by atoms with van der Waals surface area (Å²) in [6, 6.07) is 11.7. The van der Waals surface area contributed by atoms with Crippen LogP contribution in [0.5, 0.6) is 5.75 Å². The molecule has 1 N–H and O–H groups in total. The van der Waals surface area contributed by atoms with Gasteiger partial charge in [-0.15, -0.1) is 5.10 Å². The minimum absolute atomic E-state index is 0.0867. The summed E-state index contributed by atoms with van der Waals surface area (Å²) in [5, 5.41) is 11.4. The van der Waals surface area contributed by atoms with E-state index >= 15 is 0 Å². The van der Waals surface area contributed by atoms with E-state index in [1.165, 1.54) is 0 Å². The second-order valence-electron chi connectivity index (χ2n) is 6.61. The molecule has 0 saturated carbocycles. The maximum absolute atomic E-state index is 12.9. The molecule has 2 heterocycles. The number of nitrogens with one attached hydrogen (secondary N) is 1. The highest BCUT2D eigenvalue weighted by molar-refractivity contribution is 5.84. The van der Waals surface area contributed by atoms with Crippen molar-refractivity contribution < 1.29 is 9.53 Å². The van der Waals surface area contributed by atoms with E-state index in [1.54, 1.807) is 13.3 Å². The second kappa shape index (κ2) is 8.65. The van der Waals surface area contributed by atoms with Crippen molar-refractivity contribution in [2.45, 2.75) is 38.1 Å². The van der Waals surface area contributed by atoms with Crippen LogP contribution in [0, 0.1) is 0 Å². The lowest BCUT2D eigenvalue weighted by molar-refractivity contribution is -0.123. The third-order valence-corrected chi connectivity index (χ3v) is 4.89. The van der Waals surface area contributed by atoms with Crippen LogP contribution in [-0.4, -0.2) is 42.3 Å². The largest absolute Gasteiger partial charge is 0.497 e. The first kappa shape index (κ1) is 18.2. The van der Waals surface area contributed by atoms with E-state index in [0.717, 1.165) is 49.5 Å². The molecule has 1 aromatic carbocycles. The van der Waals surface area contributed by atoms with Crippen LogP contribution in [0.1, 0.15) is 37.7 Å². The molecule has 1 fully saturated rings. The molecule has 6 heteroatoms. The monoisotopic (exact) mass is 354 g/mol. The highest BCUT2D eigenvalue weighted by Gasteiger charge is 2.26. The number of hydrogen-bond acceptors (Lipinski definition) is 5. The SMILES string of the molecule is CCC(C(=O)NC1CCCN(c2cccnn2)C1)c1ccc(OC)cc1. The van der Waals surface area contributed by atoms with E-state index in [2.05, 4.69) is 20.4 Å². The van der Waals surface area contributed by atoms with Crippen molar-refractivity contribution in [3.05, 3.63) is 48.2 Å². The molecule has 1 aliphatic heterocycles. The lowest BCUT2D eigenvalue weighted by Gasteiger charge is -2.34. The summed E-state index contributed by atoms with van der Waals surface area (Å²) in [6.45, 7) is 3.76. The van der Waals surface area contributed by atoms with E-state index in [-0.39, 0.29) is 17.9 Å². The summed E-state index contributed by atoms with van der Waals surface area (Å²) in [6.07, 6.45) is 4.45. The Labute approximate surface area is 154 Å². The standard InChI is InChI=1S/C20H26N4O2/c1-3-18(15-8-10-17(26-2)11-9-15)20(25)22-16-6-5-13-24(14-16)19-7-4-12-21-23-19/h4,7-12,16,18H,3,5-6,13-14H2,1-2H3,(H,22,25). The quantitative estimate of drug-likeness (QED) is 0.864.